The Morgan fingerprint density at radius 3 is 2.59 bits per heavy atom. The Bertz CT molecular complexity index is 1140. The van der Waals surface area contributed by atoms with Crippen LogP contribution in [-0.4, -0.2) is 59.3 Å². The van der Waals surface area contributed by atoms with Gasteiger partial charge in [-0.05, 0) is 55.4 Å². The van der Waals surface area contributed by atoms with Gasteiger partial charge < -0.3 is 19.9 Å². The second-order valence-corrected chi connectivity index (χ2v) is 8.67. The monoisotopic (exact) mass is 450 g/mol. The van der Waals surface area contributed by atoms with Gasteiger partial charge in [-0.1, -0.05) is 30.3 Å². The highest BCUT2D eigenvalue weighted by molar-refractivity contribution is 7.80. The maximum absolute atomic E-state index is 12.9. The average molecular weight is 451 g/mol. The van der Waals surface area contributed by atoms with Crippen LogP contribution in [0.25, 0.3) is 10.9 Å². The van der Waals surface area contributed by atoms with E-state index in [0.717, 1.165) is 67.1 Å². The molecule has 0 unspecified atom stereocenters. The van der Waals surface area contributed by atoms with E-state index >= 15 is 0 Å². The molecule has 1 fully saturated rings. The summed E-state index contributed by atoms with van der Waals surface area (Å²) < 4.78 is 5.47. The van der Waals surface area contributed by atoms with E-state index in [-0.39, 0.29) is 5.56 Å². The number of para-hydroxylation sites is 1. The summed E-state index contributed by atoms with van der Waals surface area (Å²) in [5.41, 5.74) is 4.71. The number of morpholine rings is 1. The quantitative estimate of drug-likeness (QED) is 0.559. The number of rotatable bonds is 6. The molecule has 1 saturated heterocycles. The van der Waals surface area contributed by atoms with Crippen molar-refractivity contribution in [3.05, 3.63) is 75.6 Å². The molecule has 1 aliphatic rings. The summed E-state index contributed by atoms with van der Waals surface area (Å²) in [6, 6.07) is 16.1. The first-order valence-electron chi connectivity index (χ1n) is 11.0. The zero-order valence-corrected chi connectivity index (χ0v) is 19.5. The zero-order valence-electron chi connectivity index (χ0n) is 18.7. The molecule has 3 aromatic rings. The maximum Gasteiger partial charge on any atom is 0.253 e. The Balaban J connectivity index is 1.58. The Hall–Kier alpha value is -2.74. The normalized spacial score (nSPS) is 14.4. The molecule has 0 atom stereocenters. The van der Waals surface area contributed by atoms with E-state index in [1.54, 1.807) is 0 Å². The largest absolute Gasteiger partial charge is 0.379 e. The molecule has 0 bridgehead atoms. The molecule has 4 rings (SSSR count). The van der Waals surface area contributed by atoms with Crippen LogP contribution in [0, 0.1) is 13.8 Å². The molecule has 2 heterocycles. The second-order valence-electron chi connectivity index (χ2n) is 8.28. The molecular weight excluding hydrogens is 420 g/mol. The van der Waals surface area contributed by atoms with Crippen molar-refractivity contribution in [2.45, 2.75) is 20.4 Å². The fourth-order valence-electron chi connectivity index (χ4n) is 4.00. The van der Waals surface area contributed by atoms with Crippen molar-refractivity contribution in [1.82, 2.24) is 14.8 Å². The first-order valence-corrected chi connectivity index (χ1v) is 11.5. The van der Waals surface area contributed by atoms with Crippen molar-refractivity contribution in [2.24, 2.45) is 0 Å². The number of fused-ring (bicyclic) bond motifs is 1. The molecule has 0 saturated carbocycles. The van der Waals surface area contributed by atoms with Crippen molar-refractivity contribution < 1.29 is 4.74 Å². The summed E-state index contributed by atoms with van der Waals surface area (Å²) >= 11 is 5.77. The van der Waals surface area contributed by atoms with Gasteiger partial charge in [0.15, 0.2) is 5.11 Å². The van der Waals surface area contributed by atoms with Gasteiger partial charge in [-0.2, -0.15) is 0 Å². The minimum Gasteiger partial charge on any atom is -0.379 e. The lowest BCUT2D eigenvalue weighted by Gasteiger charge is -2.31. The van der Waals surface area contributed by atoms with Gasteiger partial charge in [-0.3, -0.25) is 9.69 Å². The number of nitrogens with zero attached hydrogens (tertiary/aromatic N) is 2. The second kappa shape index (κ2) is 10.3. The average Bonchev–Trinajstić information content (AvgIpc) is 2.81. The van der Waals surface area contributed by atoms with Crippen molar-refractivity contribution in [3.63, 3.8) is 0 Å². The van der Waals surface area contributed by atoms with E-state index in [0.29, 0.717) is 17.2 Å². The predicted octanol–water partition coefficient (Wildman–Crippen LogP) is 3.68. The minimum absolute atomic E-state index is 0.0647. The molecule has 32 heavy (non-hydrogen) atoms. The summed E-state index contributed by atoms with van der Waals surface area (Å²) in [5, 5.41) is 5.02. The van der Waals surface area contributed by atoms with Crippen LogP contribution in [0.3, 0.4) is 0 Å². The fourth-order valence-corrected chi connectivity index (χ4v) is 4.28. The van der Waals surface area contributed by atoms with Crippen LogP contribution < -0.4 is 10.9 Å². The van der Waals surface area contributed by atoms with Gasteiger partial charge in [0.25, 0.3) is 5.56 Å². The molecule has 6 nitrogen and oxygen atoms in total. The molecule has 1 aliphatic heterocycles. The lowest BCUT2D eigenvalue weighted by molar-refractivity contribution is 0.0358. The number of ether oxygens (including phenoxy) is 1. The third-order valence-electron chi connectivity index (χ3n) is 5.98. The van der Waals surface area contributed by atoms with Gasteiger partial charge in [0, 0.05) is 42.8 Å². The number of benzene rings is 2. The molecule has 0 spiro atoms. The van der Waals surface area contributed by atoms with Gasteiger partial charge in [-0.15, -0.1) is 0 Å². The number of hydrogen-bond donors (Lipinski definition) is 2. The van der Waals surface area contributed by atoms with Gasteiger partial charge in [0.2, 0.25) is 0 Å². The van der Waals surface area contributed by atoms with Crippen LogP contribution in [0.15, 0.2) is 53.3 Å². The maximum atomic E-state index is 12.9. The molecule has 1 aromatic heterocycles. The first kappa shape index (κ1) is 22.5. The number of anilines is 1. The topological polar surface area (TPSA) is 60.6 Å². The molecule has 7 heteroatoms. The van der Waals surface area contributed by atoms with Crippen molar-refractivity contribution in [3.8, 4) is 0 Å². The van der Waals surface area contributed by atoms with Crippen LogP contribution in [-0.2, 0) is 11.3 Å². The minimum atomic E-state index is -0.0647. The third kappa shape index (κ3) is 5.35. The number of nitrogens with one attached hydrogen (secondary N) is 2. The highest BCUT2D eigenvalue weighted by atomic mass is 32.1. The van der Waals surface area contributed by atoms with E-state index < -0.39 is 0 Å². The van der Waals surface area contributed by atoms with Gasteiger partial charge >= 0.3 is 0 Å². The molecule has 0 radical (unpaired) electrons. The van der Waals surface area contributed by atoms with E-state index in [1.165, 1.54) is 0 Å². The number of hydrogen-bond acceptors (Lipinski definition) is 4. The van der Waals surface area contributed by atoms with Crippen LogP contribution in [0.1, 0.15) is 16.7 Å². The summed E-state index contributed by atoms with van der Waals surface area (Å²) in [7, 11) is 0. The van der Waals surface area contributed by atoms with Crippen LogP contribution in [0.5, 0.6) is 0 Å². The standard InChI is InChI=1S/C25H30N4O2S/c1-18-8-9-19(2)23-22(18)16-20(24(30)27-23)17-29(11-10-28-12-14-31-15-13-28)25(32)26-21-6-4-3-5-7-21/h3-9,16H,10-15,17H2,1-2H3,(H,26,32)(H,27,30). The Morgan fingerprint density at radius 1 is 1.12 bits per heavy atom. The SMILES string of the molecule is Cc1ccc(C)c2[nH]c(=O)c(CN(CCN3CCOCC3)C(=S)Nc3ccccc3)cc12. The highest BCUT2D eigenvalue weighted by Crippen LogP contribution is 2.20. The summed E-state index contributed by atoms with van der Waals surface area (Å²) in [6.45, 7) is 9.48. The number of aromatic amines is 1. The number of H-pyrrole nitrogens is 1. The van der Waals surface area contributed by atoms with Crippen molar-refractivity contribution in [1.29, 1.82) is 0 Å². The summed E-state index contributed by atoms with van der Waals surface area (Å²) in [4.78, 5) is 20.5. The number of aromatic nitrogens is 1. The fraction of sp³-hybridized carbons (Fsp3) is 0.360. The van der Waals surface area contributed by atoms with E-state index in [4.69, 9.17) is 17.0 Å². The predicted molar refractivity (Wildman–Crippen MR) is 134 cm³/mol. The molecule has 2 aromatic carbocycles. The van der Waals surface area contributed by atoms with Gasteiger partial charge in [0.05, 0.1) is 25.3 Å². The number of thiocarbonyl (C=S) groups is 1. The highest BCUT2D eigenvalue weighted by Gasteiger charge is 2.17. The van der Waals surface area contributed by atoms with Crippen molar-refractivity contribution in [2.75, 3.05) is 44.7 Å². The van der Waals surface area contributed by atoms with Crippen LogP contribution >= 0.6 is 12.2 Å². The van der Waals surface area contributed by atoms with Crippen LogP contribution in [0.2, 0.25) is 0 Å². The number of aryl methyl sites for hydroxylation is 2. The van der Waals surface area contributed by atoms with E-state index in [2.05, 4.69) is 33.1 Å². The lowest BCUT2D eigenvalue weighted by Crippen LogP contribution is -2.44. The van der Waals surface area contributed by atoms with Crippen LogP contribution in [0.4, 0.5) is 5.69 Å². The Labute approximate surface area is 194 Å². The molecule has 0 amide bonds. The van der Waals surface area contributed by atoms with Gasteiger partial charge in [-0.25, -0.2) is 0 Å². The van der Waals surface area contributed by atoms with E-state index in [1.807, 2.05) is 49.4 Å². The molecule has 2 N–H and O–H groups in total. The summed E-state index contributed by atoms with van der Waals surface area (Å²) in [6.07, 6.45) is 0. The van der Waals surface area contributed by atoms with Gasteiger partial charge in [0.1, 0.15) is 0 Å². The smallest absolute Gasteiger partial charge is 0.253 e. The summed E-state index contributed by atoms with van der Waals surface area (Å²) in [5.74, 6) is 0. The lowest BCUT2D eigenvalue weighted by atomic mass is 10.0. The number of pyridine rings is 1. The molecule has 0 aliphatic carbocycles. The van der Waals surface area contributed by atoms with E-state index in [9.17, 15) is 4.79 Å². The third-order valence-corrected chi connectivity index (χ3v) is 6.34. The molecule has 168 valence electrons. The van der Waals surface area contributed by atoms with Crippen molar-refractivity contribution >= 4 is 33.9 Å². The Kier molecular flexibility index (Phi) is 7.19. The molecular formula is C25H30N4O2S. The zero-order chi connectivity index (χ0) is 22.5. The Morgan fingerprint density at radius 2 is 1.84 bits per heavy atom. The first-order chi connectivity index (χ1) is 15.5.